The molecule has 0 unspecified atom stereocenters. The standard InChI is InChI=1S/C12H14N2O2S/c1-7-3-4-8(2)11-10(7)14-12(17-11)13-6-5-9(15)16/h3-4H,5-6H2,1-2H3,(H,13,14)(H,15,16). The summed E-state index contributed by atoms with van der Waals surface area (Å²) in [7, 11) is 0. The third-order valence-electron chi connectivity index (χ3n) is 2.56. The summed E-state index contributed by atoms with van der Waals surface area (Å²) < 4.78 is 1.17. The van der Waals surface area contributed by atoms with Crippen LogP contribution in [0.2, 0.25) is 0 Å². The Bertz CT molecular complexity index is 524. The van der Waals surface area contributed by atoms with Crippen LogP contribution in [-0.2, 0) is 4.79 Å². The number of hydrogen-bond acceptors (Lipinski definition) is 4. The molecule has 0 amide bonds. The Hall–Kier alpha value is -1.62. The lowest BCUT2D eigenvalue weighted by molar-refractivity contribution is -0.136. The molecule has 5 heteroatoms. The van der Waals surface area contributed by atoms with Crippen LogP contribution in [0.25, 0.3) is 10.2 Å². The molecule has 2 rings (SSSR count). The third kappa shape index (κ3) is 2.55. The Morgan fingerprint density at radius 2 is 2.12 bits per heavy atom. The van der Waals surface area contributed by atoms with Crippen molar-refractivity contribution in [3.05, 3.63) is 23.3 Å². The predicted molar refractivity (Wildman–Crippen MR) is 69.8 cm³/mol. The van der Waals surface area contributed by atoms with Crippen LogP contribution in [-0.4, -0.2) is 22.6 Å². The van der Waals surface area contributed by atoms with Gasteiger partial charge in [0.05, 0.1) is 16.6 Å². The number of anilines is 1. The first-order chi connectivity index (χ1) is 8.08. The van der Waals surface area contributed by atoms with Crippen LogP contribution in [0.4, 0.5) is 5.13 Å². The highest BCUT2D eigenvalue weighted by Gasteiger charge is 2.08. The molecule has 0 atom stereocenters. The van der Waals surface area contributed by atoms with Gasteiger partial charge in [-0.25, -0.2) is 4.98 Å². The van der Waals surface area contributed by atoms with E-state index in [1.807, 2.05) is 6.92 Å². The quantitative estimate of drug-likeness (QED) is 0.876. The maximum absolute atomic E-state index is 10.4. The van der Waals surface area contributed by atoms with Crippen molar-refractivity contribution in [1.29, 1.82) is 0 Å². The van der Waals surface area contributed by atoms with Gasteiger partial charge < -0.3 is 10.4 Å². The minimum Gasteiger partial charge on any atom is -0.481 e. The topological polar surface area (TPSA) is 62.2 Å². The number of hydrogen-bond donors (Lipinski definition) is 2. The highest BCUT2D eigenvalue weighted by molar-refractivity contribution is 7.22. The van der Waals surface area contributed by atoms with E-state index in [1.165, 1.54) is 10.3 Å². The van der Waals surface area contributed by atoms with Crippen molar-refractivity contribution < 1.29 is 9.90 Å². The first kappa shape index (κ1) is 11.9. The largest absolute Gasteiger partial charge is 0.481 e. The molecule has 2 aromatic rings. The summed E-state index contributed by atoms with van der Waals surface area (Å²) in [6.45, 7) is 4.50. The number of rotatable bonds is 4. The van der Waals surface area contributed by atoms with Gasteiger partial charge in [0.1, 0.15) is 0 Å². The van der Waals surface area contributed by atoms with Gasteiger partial charge in [0.25, 0.3) is 0 Å². The van der Waals surface area contributed by atoms with Crippen molar-refractivity contribution in [1.82, 2.24) is 4.98 Å². The highest BCUT2D eigenvalue weighted by atomic mass is 32.1. The van der Waals surface area contributed by atoms with Gasteiger partial charge in [-0.3, -0.25) is 4.79 Å². The first-order valence-corrected chi connectivity index (χ1v) is 6.22. The van der Waals surface area contributed by atoms with Gasteiger partial charge in [-0.2, -0.15) is 0 Å². The summed E-state index contributed by atoms with van der Waals surface area (Å²) in [5.74, 6) is -0.800. The van der Waals surface area contributed by atoms with Gasteiger partial charge in [-0.1, -0.05) is 23.5 Å². The molecule has 0 radical (unpaired) electrons. The van der Waals surface area contributed by atoms with Gasteiger partial charge in [0, 0.05) is 6.54 Å². The monoisotopic (exact) mass is 250 g/mol. The SMILES string of the molecule is Cc1ccc(C)c2sc(NCCC(=O)O)nc12. The number of aromatic nitrogens is 1. The number of fused-ring (bicyclic) bond motifs is 1. The zero-order valence-corrected chi connectivity index (χ0v) is 10.6. The van der Waals surface area contributed by atoms with Gasteiger partial charge in [0.15, 0.2) is 5.13 Å². The minimum atomic E-state index is -0.800. The molecule has 1 heterocycles. The summed E-state index contributed by atoms with van der Waals surface area (Å²) >= 11 is 1.57. The zero-order chi connectivity index (χ0) is 12.4. The molecule has 0 aliphatic rings. The van der Waals surface area contributed by atoms with Crippen molar-refractivity contribution in [2.45, 2.75) is 20.3 Å². The number of carboxylic acids is 1. The van der Waals surface area contributed by atoms with Crippen LogP contribution in [0, 0.1) is 13.8 Å². The van der Waals surface area contributed by atoms with Gasteiger partial charge in [-0.05, 0) is 25.0 Å². The molecule has 1 aromatic heterocycles. The average molecular weight is 250 g/mol. The summed E-state index contributed by atoms with van der Waals surface area (Å²) in [5.41, 5.74) is 3.36. The van der Waals surface area contributed by atoms with E-state index in [9.17, 15) is 4.79 Å². The number of thiazole rings is 1. The Morgan fingerprint density at radius 3 is 2.76 bits per heavy atom. The number of carboxylic acid groups (broad SMARTS) is 1. The lowest BCUT2D eigenvalue weighted by atomic mass is 10.1. The number of aliphatic carboxylic acids is 1. The molecule has 0 aliphatic carbocycles. The van der Waals surface area contributed by atoms with Crippen molar-refractivity contribution >= 4 is 32.7 Å². The predicted octanol–water partition coefficient (Wildman–Crippen LogP) is 2.80. The van der Waals surface area contributed by atoms with Crippen LogP contribution in [0.3, 0.4) is 0 Å². The van der Waals surface area contributed by atoms with Gasteiger partial charge in [-0.15, -0.1) is 0 Å². The highest BCUT2D eigenvalue weighted by Crippen LogP contribution is 2.30. The maximum atomic E-state index is 10.4. The van der Waals surface area contributed by atoms with E-state index < -0.39 is 5.97 Å². The van der Waals surface area contributed by atoms with E-state index in [0.717, 1.165) is 16.2 Å². The van der Waals surface area contributed by atoms with Crippen molar-refractivity contribution in [3.63, 3.8) is 0 Å². The second kappa shape index (κ2) is 4.71. The summed E-state index contributed by atoms with van der Waals surface area (Å²) in [6, 6.07) is 4.13. The van der Waals surface area contributed by atoms with E-state index in [0.29, 0.717) is 6.54 Å². The zero-order valence-electron chi connectivity index (χ0n) is 9.78. The van der Waals surface area contributed by atoms with Crippen molar-refractivity contribution in [3.8, 4) is 0 Å². The average Bonchev–Trinajstić information content (AvgIpc) is 2.68. The second-order valence-corrected chi connectivity index (χ2v) is 4.97. The normalized spacial score (nSPS) is 10.7. The van der Waals surface area contributed by atoms with Crippen LogP contribution in [0.1, 0.15) is 17.5 Å². The summed E-state index contributed by atoms with van der Waals surface area (Å²) in [4.78, 5) is 14.9. The smallest absolute Gasteiger partial charge is 0.305 e. The number of carbonyl (C=O) groups is 1. The summed E-state index contributed by atoms with van der Waals surface area (Å²) in [5, 5.41) is 12.4. The van der Waals surface area contributed by atoms with E-state index >= 15 is 0 Å². The molecule has 0 aliphatic heterocycles. The fourth-order valence-corrected chi connectivity index (χ4v) is 2.65. The number of nitrogens with zero attached hydrogens (tertiary/aromatic N) is 1. The molecule has 4 nitrogen and oxygen atoms in total. The molecular formula is C12H14N2O2S. The van der Waals surface area contributed by atoms with Crippen LogP contribution >= 0.6 is 11.3 Å². The molecule has 0 fully saturated rings. The van der Waals surface area contributed by atoms with E-state index in [4.69, 9.17) is 5.11 Å². The molecule has 1 aromatic carbocycles. The Morgan fingerprint density at radius 1 is 1.41 bits per heavy atom. The maximum Gasteiger partial charge on any atom is 0.305 e. The molecule has 0 bridgehead atoms. The van der Waals surface area contributed by atoms with E-state index in [-0.39, 0.29) is 6.42 Å². The third-order valence-corrected chi connectivity index (χ3v) is 3.71. The van der Waals surface area contributed by atoms with Crippen LogP contribution in [0.5, 0.6) is 0 Å². The Labute approximate surface area is 103 Å². The lowest BCUT2D eigenvalue weighted by Gasteiger charge is -1.97. The van der Waals surface area contributed by atoms with E-state index in [1.54, 1.807) is 11.3 Å². The molecule has 17 heavy (non-hydrogen) atoms. The molecule has 0 saturated heterocycles. The van der Waals surface area contributed by atoms with Gasteiger partial charge >= 0.3 is 5.97 Å². The lowest BCUT2D eigenvalue weighted by Crippen LogP contribution is -2.06. The van der Waals surface area contributed by atoms with E-state index in [2.05, 4.69) is 29.4 Å². The first-order valence-electron chi connectivity index (χ1n) is 5.40. The number of nitrogens with one attached hydrogen (secondary N) is 1. The van der Waals surface area contributed by atoms with Crippen LogP contribution < -0.4 is 5.32 Å². The second-order valence-electron chi connectivity index (χ2n) is 3.97. The molecular weight excluding hydrogens is 236 g/mol. The van der Waals surface area contributed by atoms with Crippen LogP contribution in [0.15, 0.2) is 12.1 Å². The number of aryl methyl sites for hydroxylation is 2. The van der Waals surface area contributed by atoms with Gasteiger partial charge in [0.2, 0.25) is 0 Å². The Balaban J connectivity index is 2.23. The Kier molecular flexibility index (Phi) is 3.28. The van der Waals surface area contributed by atoms with Crippen molar-refractivity contribution in [2.75, 3.05) is 11.9 Å². The fraction of sp³-hybridized carbons (Fsp3) is 0.333. The summed E-state index contributed by atoms with van der Waals surface area (Å²) in [6.07, 6.45) is 0.105. The molecule has 0 saturated carbocycles. The molecule has 0 spiro atoms. The molecule has 90 valence electrons. The van der Waals surface area contributed by atoms with Crippen molar-refractivity contribution in [2.24, 2.45) is 0 Å². The number of benzene rings is 1. The molecule has 2 N–H and O–H groups in total. The minimum absolute atomic E-state index is 0.105. The fourth-order valence-electron chi connectivity index (χ4n) is 1.61.